The predicted octanol–water partition coefficient (Wildman–Crippen LogP) is 2.82. The Balaban J connectivity index is 1.95. The molecule has 1 amide bonds. The Morgan fingerprint density at radius 1 is 1.25 bits per heavy atom. The van der Waals surface area contributed by atoms with Gasteiger partial charge in [0.2, 0.25) is 5.91 Å². The maximum atomic E-state index is 12.2. The highest BCUT2D eigenvalue weighted by atomic mass is 16.2. The Labute approximate surface area is 121 Å². The number of carbonyl (C=O) groups is 1. The number of hydrogen-bond donors (Lipinski definition) is 1. The molecule has 3 nitrogen and oxygen atoms in total. The lowest BCUT2D eigenvalue weighted by atomic mass is 9.93. The minimum atomic E-state index is -0.0684. The molecule has 108 valence electrons. The Kier molecular flexibility index (Phi) is 3.55. The fraction of sp³-hybridized carbons (Fsp3) is 0.588. The summed E-state index contributed by atoms with van der Waals surface area (Å²) >= 11 is 0. The van der Waals surface area contributed by atoms with E-state index in [1.54, 1.807) is 0 Å². The number of benzene rings is 1. The number of likely N-dealkylation sites (tertiary alicyclic amines) is 1. The van der Waals surface area contributed by atoms with E-state index in [1.165, 1.54) is 24.0 Å². The lowest BCUT2D eigenvalue weighted by Gasteiger charge is -2.30. The van der Waals surface area contributed by atoms with Crippen LogP contribution in [0.3, 0.4) is 0 Å². The maximum Gasteiger partial charge on any atom is 0.224 e. The standard InChI is InChI=1S/C17H24N2O/c1-11(2)10-19-16(20)9-15(18)17(19)14-6-4-3-5-13(14)12-7-8-12/h3-6,11-12,15,17H,7-10,18H2,1-2H3. The summed E-state index contributed by atoms with van der Waals surface area (Å²) in [6, 6.07) is 8.57. The first-order valence-corrected chi connectivity index (χ1v) is 7.71. The van der Waals surface area contributed by atoms with Gasteiger partial charge in [0.1, 0.15) is 0 Å². The zero-order chi connectivity index (χ0) is 14.3. The van der Waals surface area contributed by atoms with Gasteiger partial charge in [0.05, 0.1) is 6.04 Å². The molecule has 0 bridgehead atoms. The number of rotatable bonds is 4. The van der Waals surface area contributed by atoms with Crippen molar-refractivity contribution in [3.63, 3.8) is 0 Å². The summed E-state index contributed by atoms with van der Waals surface area (Å²) in [4.78, 5) is 14.3. The highest BCUT2D eigenvalue weighted by Crippen LogP contribution is 2.45. The molecular formula is C17H24N2O. The van der Waals surface area contributed by atoms with Crippen LogP contribution in [0.25, 0.3) is 0 Å². The van der Waals surface area contributed by atoms with Gasteiger partial charge in [-0.3, -0.25) is 4.79 Å². The van der Waals surface area contributed by atoms with E-state index in [-0.39, 0.29) is 18.0 Å². The summed E-state index contributed by atoms with van der Waals surface area (Å²) in [5.74, 6) is 1.37. The Morgan fingerprint density at radius 3 is 2.50 bits per heavy atom. The van der Waals surface area contributed by atoms with E-state index in [2.05, 4.69) is 38.1 Å². The molecular weight excluding hydrogens is 248 g/mol. The summed E-state index contributed by atoms with van der Waals surface area (Å²) in [6.07, 6.45) is 3.03. The van der Waals surface area contributed by atoms with E-state index in [4.69, 9.17) is 5.73 Å². The van der Waals surface area contributed by atoms with Crippen molar-refractivity contribution in [3.05, 3.63) is 35.4 Å². The van der Waals surface area contributed by atoms with E-state index >= 15 is 0 Å². The maximum absolute atomic E-state index is 12.2. The van der Waals surface area contributed by atoms with Crippen LogP contribution in [0.15, 0.2) is 24.3 Å². The molecule has 20 heavy (non-hydrogen) atoms. The highest BCUT2D eigenvalue weighted by Gasteiger charge is 2.41. The largest absolute Gasteiger partial charge is 0.334 e. The number of nitrogens with zero attached hydrogens (tertiary/aromatic N) is 1. The molecule has 0 radical (unpaired) electrons. The fourth-order valence-electron chi connectivity index (χ4n) is 3.37. The molecule has 1 aliphatic carbocycles. The molecule has 1 aromatic carbocycles. The third kappa shape index (κ3) is 2.47. The van der Waals surface area contributed by atoms with Gasteiger partial charge in [-0.05, 0) is 35.8 Å². The molecule has 1 saturated carbocycles. The Morgan fingerprint density at radius 2 is 1.90 bits per heavy atom. The molecule has 2 atom stereocenters. The summed E-state index contributed by atoms with van der Waals surface area (Å²) in [6.45, 7) is 5.11. The van der Waals surface area contributed by atoms with E-state index in [1.807, 2.05) is 4.90 Å². The normalized spacial score (nSPS) is 26.6. The minimum Gasteiger partial charge on any atom is -0.334 e. The molecule has 0 spiro atoms. The lowest BCUT2D eigenvalue weighted by molar-refractivity contribution is -0.129. The van der Waals surface area contributed by atoms with Crippen LogP contribution >= 0.6 is 0 Å². The molecule has 2 unspecified atom stereocenters. The molecule has 1 aliphatic heterocycles. The highest BCUT2D eigenvalue weighted by molar-refractivity contribution is 5.80. The number of carbonyl (C=O) groups excluding carboxylic acids is 1. The third-order valence-corrected chi connectivity index (χ3v) is 4.37. The van der Waals surface area contributed by atoms with Crippen molar-refractivity contribution in [3.8, 4) is 0 Å². The number of nitrogens with two attached hydrogens (primary N) is 1. The number of hydrogen-bond acceptors (Lipinski definition) is 2. The molecule has 2 N–H and O–H groups in total. The van der Waals surface area contributed by atoms with Crippen molar-refractivity contribution in [2.75, 3.05) is 6.54 Å². The third-order valence-electron chi connectivity index (χ3n) is 4.37. The summed E-state index contributed by atoms with van der Waals surface area (Å²) in [5, 5.41) is 0. The van der Waals surface area contributed by atoms with Crippen molar-refractivity contribution in [1.82, 2.24) is 4.90 Å². The lowest BCUT2D eigenvalue weighted by Crippen LogP contribution is -2.36. The number of amides is 1. The summed E-state index contributed by atoms with van der Waals surface area (Å²) < 4.78 is 0. The van der Waals surface area contributed by atoms with Gasteiger partial charge < -0.3 is 10.6 Å². The van der Waals surface area contributed by atoms with Crippen molar-refractivity contribution < 1.29 is 4.79 Å². The van der Waals surface area contributed by atoms with Gasteiger partial charge in [-0.25, -0.2) is 0 Å². The molecule has 2 fully saturated rings. The first-order chi connectivity index (χ1) is 9.58. The molecule has 3 heteroatoms. The van der Waals surface area contributed by atoms with Crippen LogP contribution in [-0.4, -0.2) is 23.4 Å². The first-order valence-electron chi connectivity index (χ1n) is 7.71. The van der Waals surface area contributed by atoms with Gasteiger partial charge in [-0.2, -0.15) is 0 Å². The van der Waals surface area contributed by atoms with Crippen LogP contribution in [0.2, 0.25) is 0 Å². The second kappa shape index (κ2) is 5.21. The van der Waals surface area contributed by atoms with Gasteiger partial charge in [0.25, 0.3) is 0 Å². The quantitative estimate of drug-likeness (QED) is 0.916. The van der Waals surface area contributed by atoms with Crippen LogP contribution < -0.4 is 5.73 Å². The monoisotopic (exact) mass is 272 g/mol. The Bertz CT molecular complexity index is 507. The van der Waals surface area contributed by atoms with Gasteiger partial charge in [0.15, 0.2) is 0 Å². The van der Waals surface area contributed by atoms with E-state index in [0.717, 1.165) is 6.54 Å². The Hall–Kier alpha value is -1.35. The van der Waals surface area contributed by atoms with Crippen LogP contribution in [0, 0.1) is 5.92 Å². The van der Waals surface area contributed by atoms with Crippen LogP contribution in [0.4, 0.5) is 0 Å². The average molecular weight is 272 g/mol. The molecule has 1 saturated heterocycles. The van der Waals surface area contributed by atoms with Gasteiger partial charge in [0, 0.05) is 19.0 Å². The summed E-state index contributed by atoms with van der Waals surface area (Å²) in [7, 11) is 0. The van der Waals surface area contributed by atoms with Crippen molar-refractivity contribution in [1.29, 1.82) is 0 Å². The summed E-state index contributed by atoms with van der Waals surface area (Å²) in [5.41, 5.74) is 8.99. The van der Waals surface area contributed by atoms with Crippen LogP contribution in [0.5, 0.6) is 0 Å². The van der Waals surface area contributed by atoms with Gasteiger partial charge in [-0.15, -0.1) is 0 Å². The molecule has 2 aliphatic rings. The fourth-order valence-corrected chi connectivity index (χ4v) is 3.37. The molecule has 0 aromatic heterocycles. The molecule has 1 aromatic rings. The predicted molar refractivity (Wildman–Crippen MR) is 80.3 cm³/mol. The van der Waals surface area contributed by atoms with E-state index < -0.39 is 0 Å². The van der Waals surface area contributed by atoms with Gasteiger partial charge in [-0.1, -0.05) is 38.1 Å². The topological polar surface area (TPSA) is 46.3 Å². The zero-order valence-corrected chi connectivity index (χ0v) is 12.4. The van der Waals surface area contributed by atoms with Crippen LogP contribution in [0.1, 0.15) is 56.2 Å². The SMILES string of the molecule is CC(C)CN1C(=O)CC(N)C1c1ccccc1C1CC1. The minimum absolute atomic E-state index is 0.0684. The van der Waals surface area contributed by atoms with Crippen molar-refractivity contribution in [2.45, 2.75) is 51.1 Å². The van der Waals surface area contributed by atoms with Crippen LogP contribution in [-0.2, 0) is 4.79 Å². The average Bonchev–Trinajstić information content (AvgIpc) is 3.18. The second-order valence-corrected chi connectivity index (χ2v) is 6.66. The zero-order valence-electron chi connectivity index (χ0n) is 12.4. The van der Waals surface area contributed by atoms with E-state index in [9.17, 15) is 4.79 Å². The molecule has 3 rings (SSSR count). The smallest absolute Gasteiger partial charge is 0.224 e. The first kappa shape index (κ1) is 13.6. The second-order valence-electron chi connectivity index (χ2n) is 6.66. The van der Waals surface area contributed by atoms with Crippen molar-refractivity contribution in [2.24, 2.45) is 11.7 Å². The molecule has 1 heterocycles. The van der Waals surface area contributed by atoms with Gasteiger partial charge >= 0.3 is 0 Å². The van der Waals surface area contributed by atoms with E-state index in [0.29, 0.717) is 18.3 Å². The van der Waals surface area contributed by atoms with Crippen molar-refractivity contribution >= 4 is 5.91 Å².